The number of hydrogen-bond donors (Lipinski definition) is 1. The Kier molecular flexibility index (Phi) is 4.23. The van der Waals surface area contributed by atoms with Crippen molar-refractivity contribution in [3.63, 3.8) is 0 Å². The number of hydrogen-bond acceptors (Lipinski definition) is 4. The zero-order valence-corrected chi connectivity index (χ0v) is 10.4. The molecule has 0 radical (unpaired) electrons. The summed E-state index contributed by atoms with van der Waals surface area (Å²) in [7, 11) is 0. The SMILES string of the molecule is CCOC(=O)C1C=CC=C(C)C1(O)C(=O)CC. The summed E-state index contributed by atoms with van der Waals surface area (Å²) in [6.45, 7) is 5.22. The maximum absolute atomic E-state index is 11.9. The van der Waals surface area contributed by atoms with E-state index in [1.54, 1.807) is 32.9 Å². The number of carbonyl (C=O) groups excluding carboxylic acids is 2. The fourth-order valence-corrected chi connectivity index (χ4v) is 1.97. The van der Waals surface area contributed by atoms with Crippen LogP contribution in [0.4, 0.5) is 0 Å². The van der Waals surface area contributed by atoms with Crippen molar-refractivity contribution in [2.45, 2.75) is 32.8 Å². The zero-order valence-electron chi connectivity index (χ0n) is 10.4. The smallest absolute Gasteiger partial charge is 0.316 e. The molecule has 2 atom stereocenters. The Labute approximate surface area is 101 Å². The molecule has 4 heteroatoms. The van der Waals surface area contributed by atoms with Gasteiger partial charge in [-0.3, -0.25) is 9.59 Å². The molecule has 0 fully saturated rings. The number of esters is 1. The average Bonchev–Trinajstić information content (AvgIpc) is 2.31. The summed E-state index contributed by atoms with van der Waals surface area (Å²) in [6, 6.07) is 0. The van der Waals surface area contributed by atoms with E-state index in [-0.39, 0.29) is 18.8 Å². The maximum atomic E-state index is 11.9. The Bertz CT molecular complexity index is 381. The second-order valence-electron chi connectivity index (χ2n) is 4.01. The van der Waals surface area contributed by atoms with Gasteiger partial charge in [0.1, 0.15) is 5.92 Å². The second kappa shape index (κ2) is 5.27. The molecule has 0 bridgehead atoms. The lowest BCUT2D eigenvalue weighted by atomic mass is 9.74. The largest absolute Gasteiger partial charge is 0.465 e. The Morgan fingerprint density at radius 3 is 2.65 bits per heavy atom. The molecule has 0 saturated carbocycles. The molecule has 1 N–H and O–H groups in total. The van der Waals surface area contributed by atoms with E-state index in [1.165, 1.54) is 6.08 Å². The molecule has 1 aliphatic carbocycles. The van der Waals surface area contributed by atoms with Crippen molar-refractivity contribution in [1.82, 2.24) is 0 Å². The van der Waals surface area contributed by atoms with Gasteiger partial charge >= 0.3 is 5.97 Å². The molecule has 0 amide bonds. The summed E-state index contributed by atoms with van der Waals surface area (Å²) in [5, 5.41) is 10.5. The fourth-order valence-electron chi connectivity index (χ4n) is 1.97. The highest BCUT2D eigenvalue weighted by atomic mass is 16.5. The molecule has 0 spiro atoms. The molecule has 0 aliphatic heterocycles. The highest BCUT2D eigenvalue weighted by Crippen LogP contribution is 2.33. The van der Waals surface area contributed by atoms with Crippen molar-refractivity contribution in [2.75, 3.05) is 6.61 Å². The fraction of sp³-hybridized carbons (Fsp3) is 0.538. The van der Waals surface area contributed by atoms with Crippen molar-refractivity contribution < 1.29 is 19.4 Å². The first-order valence-electron chi connectivity index (χ1n) is 5.76. The van der Waals surface area contributed by atoms with E-state index in [0.29, 0.717) is 5.57 Å². The van der Waals surface area contributed by atoms with Crippen LogP contribution < -0.4 is 0 Å². The first-order chi connectivity index (χ1) is 7.98. The molecule has 0 heterocycles. The van der Waals surface area contributed by atoms with Gasteiger partial charge in [-0.25, -0.2) is 0 Å². The van der Waals surface area contributed by atoms with Gasteiger partial charge in [-0.15, -0.1) is 0 Å². The lowest BCUT2D eigenvalue weighted by molar-refractivity contribution is -0.158. The van der Waals surface area contributed by atoms with E-state index in [2.05, 4.69) is 0 Å². The third-order valence-corrected chi connectivity index (χ3v) is 2.99. The quantitative estimate of drug-likeness (QED) is 0.752. The summed E-state index contributed by atoms with van der Waals surface area (Å²) in [4.78, 5) is 23.7. The second-order valence-corrected chi connectivity index (χ2v) is 4.01. The summed E-state index contributed by atoms with van der Waals surface area (Å²) in [5.41, 5.74) is -1.28. The first-order valence-corrected chi connectivity index (χ1v) is 5.76. The van der Waals surface area contributed by atoms with E-state index in [0.717, 1.165) is 0 Å². The van der Waals surface area contributed by atoms with Crippen molar-refractivity contribution in [1.29, 1.82) is 0 Å². The first kappa shape index (κ1) is 13.6. The number of ketones is 1. The van der Waals surface area contributed by atoms with Gasteiger partial charge in [0.2, 0.25) is 0 Å². The van der Waals surface area contributed by atoms with Gasteiger partial charge in [0.05, 0.1) is 6.61 Å². The highest BCUT2D eigenvalue weighted by molar-refractivity contribution is 5.96. The van der Waals surface area contributed by atoms with Crippen LogP contribution in [0.5, 0.6) is 0 Å². The topological polar surface area (TPSA) is 63.6 Å². The molecule has 1 aliphatic rings. The summed E-state index contributed by atoms with van der Waals surface area (Å²) >= 11 is 0. The molecular weight excluding hydrogens is 220 g/mol. The van der Waals surface area contributed by atoms with Gasteiger partial charge in [0.15, 0.2) is 11.4 Å². The number of rotatable bonds is 4. The van der Waals surface area contributed by atoms with E-state index in [4.69, 9.17) is 4.74 Å². The van der Waals surface area contributed by atoms with Crippen molar-refractivity contribution in [3.05, 3.63) is 23.8 Å². The molecule has 0 aromatic heterocycles. The van der Waals surface area contributed by atoms with Crippen LogP contribution in [-0.4, -0.2) is 29.1 Å². The minimum Gasteiger partial charge on any atom is -0.465 e. The molecule has 0 aromatic carbocycles. The molecule has 1 rings (SSSR count). The van der Waals surface area contributed by atoms with Crippen LogP contribution >= 0.6 is 0 Å². The minimum absolute atomic E-state index is 0.172. The molecule has 2 unspecified atom stereocenters. The summed E-state index contributed by atoms with van der Waals surface area (Å²) < 4.78 is 4.89. The lowest BCUT2D eigenvalue weighted by Gasteiger charge is -2.34. The molecule has 0 saturated heterocycles. The molecule has 17 heavy (non-hydrogen) atoms. The molecular formula is C13H18O4. The Morgan fingerprint density at radius 2 is 2.12 bits per heavy atom. The van der Waals surface area contributed by atoms with Crippen LogP contribution in [0, 0.1) is 5.92 Å². The monoisotopic (exact) mass is 238 g/mol. The van der Waals surface area contributed by atoms with Gasteiger partial charge in [0.25, 0.3) is 0 Å². The lowest BCUT2D eigenvalue weighted by Crippen LogP contribution is -2.50. The van der Waals surface area contributed by atoms with E-state index in [1.807, 2.05) is 0 Å². The maximum Gasteiger partial charge on any atom is 0.316 e. The van der Waals surface area contributed by atoms with Crippen LogP contribution in [0.1, 0.15) is 27.2 Å². The van der Waals surface area contributed by atoms with Gasteiger partial charge < -0.3 is 9.84 Å². The Hall–Kier alpha value is -1.42. The third kappa shape index (κ3) is 2.31. The van der Waals surface area contributed by atoms with Gasteiger partial charge in [-0.05, 0) is 19.4 Å². The zero-order chi connectivity index (χ0) is 13.1. The van der Waals surface area contributed by atoms with Crippen LogP contribution in [0.25, 0.3) is 0 Å². The standard InChI is InChI=1S/C13H18O4/c1-4-11(14)13(16)9(3)7-6-8-10(13)12(15)17-5-2/h6-8,10,16H,4-5H2,1-3H3. The molecule has 4 nitrogen and oxygen atoms in total. The van der Waals surface area contributed by atoms with Crippen molar-refractivity contribution >= 4 is 11.8 Å². The van der Waals surface area contributed by atoms with Gasteiger partial charge in [0, 0.05) is 6.42 Å². The van der Waals surface area contributed by atoms with E-state index < -0.39 is 17.5 Å². The number of aliphatic hydroxyl groups is 1. The Morgan fingerprint density at radius 1 is 1.47 bits per heavy atom. The van der Waals surface area contributed by atoms with Crippen molar-refractivity contribution in [2.24, 2.45) is 5.92 Å². The van der Waals surface area contributed by atoms with Crippen LogP contribution in [0.3, 0.4) is 0 Å². The molecule has 94 valence electrons. The van der Waals surface area contributed by atoms with E-state index in [9.17, 15) is 14.7 Å². The van der Waals surface area contributed by atoms with Crippen LogP contribution in [0.15, 0.2) is 23.8 Å². The number of ether oxygens (including phenoxy) is 1. The van der Waals surface area contributed by atoms with Crippen LogP contribution in [0.2, 0.25) is 0 Å². The average molecular weight is 238 g/mol. The number of carbonyl (C=O) groups is 2. The minimum atomic E-state index is -1.75. The van der Waals surface area contributed by atoms with Gasteiger partial charge in [-0.1, -0.05) is 25.2 Å². The van der Waals surface area contributed by atoms with Crippen molar-refractivity contribution in [3.8, 4) is 0 Å². The van der Waals surface area contributed by atoms with Gasteiger partial charge in [-0.2, -0.15) is 0 Å². The predicted molar refractivity (Wildman–Crippen MR) is 63.3 cm³/mol. The normalized spacial score (nSPS) is 27.5. The predicted octanol–water partition coefficient (Wildman–Crippen LogP) is 1.39. The molecule has 0 aromatic rings. The highest BCUT2D eigenvalue weighted by Gasteiger charge is 2.48. The third-order valence-electron chi connectivity index (χ3n) is 2.99. The van der Waals surface area contributed by atoms with E-state index >= 15 is 0 Å². The number of allylic oxidation sites excluding steroid dienone is 2. The van der Waals surface area contributed by atoms with Crippen LogP contribution in [-0.2, 0) is 14.3 Å². The summed E-state index contributed by atoms with van der Waals surface area (Å²) in [6.07, 6.45) is 4.99. The Balaban J connectivity index is 3.11. The summed E-state index contributed by atoms with van der Waals surface area (Å²) in [5.74, 6) is -1.88. The number of Topliss-reactive ketones (excluding diaryl/α,β-unsaturated/α-hetero) is 1.